The Labute approximate surface area is 117 Å². The van der Waals surface area contributed by atoms with Crippen LogP contribution in [0, 0.1) is 0 Å². The van der Waals surface area contributed by atoms with E-state index in [2.05, 4.69) is 10.2 Å². The van der Waals surface area contributed by atoms with Crippen molar-refractivity contribution < 1.29 is 9.90 Å². The molecule has 1 fully saturated rings. The number of aliphatic carboxylic acids is 1. The van der Waals surface area contributed by atoms with Gasteiger partial charge in [0.1, 0.15) is 6.54 Å². The second-order valence-electron chi connectivity index (χ2n) is 5.21. The molecule has 1 aromatic carbocycles. The third-order valence-electron chi connectivity index (χ3n) is 3.91. The highest BCUT2D eigenvalue weighted by Gasteiger charge is 2.26. The van der Waals surface area contributed by atoms with Gasteiger partial charge in [-0.25, -0.2) is 0 Å². The molecule has 0 saturated heterocycles. The lowest BCUT2D eigenvalue weighted by atomic mass is 10.1. The van der Waals surface area contributed by atoms with Gasteiger partial charge < -0.3 is 10.0 Å². The van der Waals surface area contributed by atoms with Crippen molar-refractivity contribution >= 4 is 22.6 Å². The Morgan fingerprint density at radius 3 is 2.80 bits per heavy atom. The quantitative estimate of drug-likeness (QED) is 0.925. The highest BCUT2D eigenvalue weighted by atomic mass is 16.4. The molecule has 0 bridgehead atoms. The maximum atomic E-state index is 11.2. The van der Waals surface area contributed by atoms with Crippen molar-refractivity contribution in [3.63, 3.8) is 0 Å². The van der Waals surface area contributed by atoms with Crippen LogP contribution >= 0.6 is 0 Å². The highest BCUT2D eigenvalue weighted by Crippen LogP contribution is 2.31. The van der Waals surface area contributed by atoms with Crippen LogP contribution in [0.25, 0.3) is 10.9 Å². The lowest BCUT2D eigenvalue weighted by Crippen LogP contribution is -2.37. The Balaban J connectivity index is 2.05. The van der Waals surface area contributed by atoms with Gasteiger partial charge in [-0.1, -0.05) is 31.0 Å². The molecule has 1 aliphatic carbocycles. The van der Waals surface area contributed by atoms with Crippen molar-refractivity contribution in [3.05, 3.63) is 30.5 Å². The molecule has 5 heteroatoms. The molecule has 20 heavy (non-hydrogen) atoms. The maximum Gasteiger partial charge on any atom is 0.323 e. The second kappa shape index (κ2) is 5.45. The van der Waals surface area contributed by atoms with E-state index in [0.717, 1.165) is 42.3 Å². The monoisotopic (exact) mass is 271 g/mol. The smallest absolute Gasteiger partial charge is 0.323 e. The van der Waals surface area contributed by atoms with Crippen LogP contribution in [0.4, 0.5) is 5.69 Å². The van der Waals surface area contributed by atoms with E-state index in [1.54, 1.807) is 6.20 Å². The fourth-order valence-corrected chi connectivity index (χ4v) is 2.99. The SMILES string of the molecule is O=C(O)CN(c1cnnc2ccccc12)C1CCCC1. The molecule has 2 aromatic rings. The van der Waals surface area contributed by atoms with E-state index in [0.29, 0.717) is 6.04 Å². The van der Waals surface area contributed by atoms with Gasteiger partial charge in [0.05, 0.1) is 17.4 Å². The summed E-state index contributed by atoms with van der Waals surface area (Å²) < 4.78 is 0. The lowest BCUT2D eigenvalue weighted by molar-refractivity contribution is -0.135. The van der Waals surface area contributed by atoms with Gasteiger partial charge in [0.25, 0.3) is 0 Å². The molecule has 0 unspecified atom stereocenters. The minimum Gasteiger partial charge on any atom is -0.480 e. The number of nitrogens with zero attached hydrogens (tertiary/aromatic N) is 3. The average Bonchev–Trinajstić information content (AvgIpc) is 2.98. The number of aromatic nitrogens is 2. The number of rotatable bonds is 4. The molecule has 1 aromatic heterocycles. The van der Waals surface area contributed by atoms with Crippen LogP contribution in [0.3, 0.4) is 0 Å². The first kappa shape index (κ1) is 12.8. The zero-order valence-electron chi connectivity index (χ0n) is 11.2. The third-order valence-corrected chi connectivity index (χ3v) is 3.91. The minimum atomic E-state index is -0.808. The summed E-state index contributed by atoms with van der Waals surface area (Å²) in [5.74, 6) is -0.808. The van der Waals surface area contributed by atoms with Crippen molar-refractivity contribution in [1.29, 1.82) is 0 Å². The number of benzene rings is 1. The van der Waals surface area contributed by atoms with Gasteiger partial charge in [-0.2, -0.15) is 10.2 Å². The zero-order valence-corrected chi connectivity index (χ0v) is 11.2. The van der Waals surface area contributed by atoms with Crippen LogP contribution < -0.4 is 4.90 Å². The summed E-state index contributed by atoms with van der Waals surface area (Å²) in [5, 5.41) is 18.3. The molecule has 1 N–H and O–H groups in total. The van der Waals surface area contributed by atoms with Gasteiger partial charge >= 0.3 is 5.97 Å². The Kier molecular flexibility index (Phi) is 3.50. The molecule has 0 radical (unpaired) electrons. The first-order chi connectivity index (χ1) is 9.75. The first-order valence-electron chi connectivity index (χ1n) is 6.94. The Morgan fingerprint density at radius 1 is 1.30 bits per heavy atom. The summed E-state index contributed by atoms with van der Waals surface area (Å²) in [4.78, 5) is 13.2. The van der Waals surface area contributed by atoms with Crippen molar-refractivity contribution in [1.82, 2.24) is 10.2 Å². The normalized spacial score (nSPS) is 15.6. The molecule has 0 spiro atoms. The van der Waals surface area contributed by atoms with Crippen molar-refractivity contribution in [2.24, 2.45) is 0 Å². The van der Waals surface area contributed by atoms with E-state index in [9.17, 15) is 9.90 Å². The molecule has 104 valence electrons. The summed E-state index contributed by atoms with van der Waals surface area (Å²) in [5.41, 5.74) is 1.68. The highest BCUT2D eigenvalue weighted by molar-refractivity contribution is 5.92. The molecule has 1 aliphatic rings. The number of anilines is 1. The van der Waals surface area contributed by atoms with Crippen LogP contribution in [-0.2, 0) is 4.79 Å². The number of carbonyl (C=O) groups is 1. The largest absolute Gasteiger partial charge is 0.480 e. The van der Waals surface area contributed by atoms with Gasteiger partial charge in [-0.15, -0.1) is 0 Å². The predicted molar refractivity (Wildman–Crippen MR) is 76.8 cm³/mol. The van der Waals surface area contributed by atoms with Crippen LogP contribution in [0.2, 0.25) is 0 Å². The Morgan fingerprint density at radius 2 is 2.05 bits per heavy atom. The number of hydrogen-bond donors (Lipinski definition) is 1. The molecular formula is C15H17N3O2. The number of fused-ring (bicyclic) bond motifs is 1. The minimum absolute atomic E-state index is 0.0142. The van der Waals surface area contributed by atoms with Gasteiger partial charge in [-0.05, 0) is 18.9 Å². The van der Waals surface area contributed by atoms with E-state index in [4.69, 9.17) is 0 Å². The van der Waals surface area contributed by atoms with E-state index in [1.807, 2.05) is 29.2 Å². The number of carboxylic acid groups (broad SMARTS) is 1. The zero-order chi connectivity index (χ0) is 13.9. The fourth-order valence-electron chi connectivity index (χ4n) is 2.99. The fraction of sp³-hybridized carbons (Fsp3) is 0.400. The average molecular weight is 271 g/mol. The Hall–Kier alpha value is -2.17. The van der Waals surface area contributed by atoms with E-state index in [-0.39, 0.29) is 6.54 Å². The molecule has 0 atom stereocenters. The van der Waals surface area contributed by atoms with Crippen LogP contribution in [0.1, 0.15) is 25.7 Å². The van der Waals surface area contributed by atoms with Gasteiger partial charge in [-0.3, -0.25) is 4.79 Å². The van der Waals surface area contributed by atoms with E-state index < -0.39 is 5.97 Å². The third kappa shape index (κ3) is 2.43. The van der Waals surface area contributed by atoms with Crippen molar-refractivity contribution in [3.8, 4) is 0 Å². The summed E-state index contributed by atoms with van der Waals surface area (Å²) in [6.45, 7) is 0.0142. The molecule has 0 amide bonds. The van der Waals surface area contributed by atoms with Crippen LogP contribution in [-0.4, -0.2) is 33.9 Å². The van der Waals surface area contributed by atoms with Crippen molar-refractivity contribution in [2.75, 3.05) is 11.4 Å². The predicted octanol–water partition coefficient (Wildman–Crippen LogP) is 2.46. The molecule has 0 aliphatic heterocycles. The summed E-state index contributed by atoms with van der Waals surface area (Å²) >= 11 is 0. The summed E-state index contributed by atoms with van der Waals surface area (Å²) in [6.07, 6.45) is 6.10. The van der Waals surface area contributed by atoms with E-state index in [1.165, 1.54) is 0 Å². The van der Waals surface area contributed by atoms with Crippen LogP contribution in [0.5, 0.6) is 0 Å². The van der Waals surface area contributed by atoms with Gasteiger partial charge in [0.15, 0.2) is 0 Å². The summed E-state index contributed by atoms with van der Waals surface area (Å²) in [7, 11) is 0. The number of hydrogen-bond acceptors (Lipinski definition) is 4. The standard InChI is InChI=1S/C15H17N3O2/c19-15(20)10-18(11-5-1-2-6-11)14-9-16-17-13-8-4-3-7-12(13)14/h3-4,7-9,11H,1-2,5-6,10H2,(H,19,20). The molecule has 1 heterocycles. The second-order valence-corrected chi connectivity index (χ2v) is 5.21. The lowest BCUT2D eigenvalue weighted by Gasteiger charge is -2.30. The van der Waals surface area contributed by atoms with Gasteiger partial charge in [0.2, 0.25) is 0 Å². The molecular weight excluding hydrogens is 254 g/mol. The van der Waals surface area contributed by atoms with Crippen LogP contribution in [0.15, 0.2) is 30.5 Å². The molecule has 5 nitrogen and oxygen atoms in total. The van der Waals surface area contributed by atoms with Crippen molar-refractivity contribution in [2.45, 2.75) is 31.7 Å². The van der Waals surface area contributed by atoms with E-state index >= 15 is 0 Å². The Bertz CT molecular complexity index is 618. The molecule has 1 saturated carbocycles. The topological polar surface area (TPSA) is 66.3 Å². The van der Waals surface area contributed by atoms with Gasteiger partial charge in [0, 0.05) is 11.4 Å². The summed E-state index contributed by atoms with van der Waals surface area (Å²) in [6, 6.07) is 8.03. The first-order valence-corrected chi connectivity index (χ1v) is 6.94. The number of carboxylic acids is 1. The maximum absolute atomic E-state index is 11.2. The molecule has 3 rings (SSSR count).